The summed E-state index contributed by atoms with van der Waals surface area (Å²) < 4.78 is 5.65. The number of hydrogen-bond acceptors (Lipinski definition) is 2. The van der Waals surface area contributed by atoms with E-state index in [0.29, 0.717) is 0 Å². The molecule has 1 aliphatic carbocycles. The fourth-order valence-corrected chi connectivity index (χ4v) is 7.30. The Morgan fingerprint density at radius 2 is 1.15 bits per heavy atom. The molecule has 0 atom stereocenters. The standard InChI is InChI=1S/C38H29NO/c1-22-34(23(2)40-39-22)36-30-15-9-7-13-28(30)35(29-14-8-10-16-31(29)36)25-18-19-27-32-20-17-24-11-5-6-12-26(24)37(32)38(3,4)33(27)21-25/h5-21H,1-4H3. The third-order valence-corrected chi connectivity index (χ3v) is 9.04. The molecule has 40 heavy (non-hydrogen) atoms. The van der Waals surface area contributed by atoms with E-state index in [9.17, 15) is 0 Å². The Hall–Kier alpha value is -4.69. The summed E-state index contributed by atoms with van der Waals surface area (Å²) in [7, 11) is 0. The second kappa shape index (κ2) is 8.16. The molecule has 0 radical (unpaired) electrons. The van der Waals surface area contributed by atoms with Crippen LogP contribution in [0.25, 0.3) is 65.7 Å². The van der Waals surface area contributed by atoms with Crippen molar-refractivity contribution in [2.24, 2.45) is 0 Å². The maximum absolute atomic E-state index is 5.65. The molecule has 0 bridgehead atoms. The van der Waals surface area contributed by atoms with Crippen molar-refractivity contribution in [3.8, 4) is 33.4 Å². The van der Waals surface area contributed by atoms with E-state index in [1.165, 1.54) is 71.3 Å². The molecule has 0 saturated carbocycles. The minimum atomic E-state index is -0.107. The first kappa shape index (κ1) is 23.2. The van der Waals surface area contributed by atoms with Crippen molar-refractivity contribution in [3.05, 3.63) is 126 Å². The summed E-state index contributed by atoms with van der Waals surface area (Å²) in [5.74, 6) is 0.852. The zero-order valence-electron chi connectivity index (χ0n) is 23.2. The lowest BCUT2D eigenvalue weighted by molar-refractivity contribution is 0.393. The van der Waals surface area contributed by atoms with Gasteiger partial charge in [0.1, 0.15) is 5.76 Å². The summed E-state index contributed by atoms with van der Waals surface area (Å²) in [5.41, 5.74) is 11.2. The molecule has 1 aromatic heterocycles. The van der Waals surface area contributed by atoms with Crippen LogP contribution in [-0.2, 0) is 5.41 Å². The summed E-state index contributed by atoms with van der Waals surface area (Å²) >= 11 is 0. The maximum atomic E-state index is 5.65. The molecule has 1 aliphatic rings. The van der Waals surface area contributed by atoms with Gasteiger partial charge in [-0.05, 0) is 85.6 Å². The van der Waals surface area contributed by atoms with Crippen molar-refractivity contribution >= 4 is 32.3 Å². The summed E-state index contributed by atoms with van der Waals surface area (Å²) in [6.45, 7) is 8.80. The van der Waals surface area contributed by atoms with Gasteiger partial charge in [0.2, 0.25) is 0 Å². The predicted octanol–water partition coefficient (Wildman–Crippen LogP) is 10.4. The van der Waals surface area contributed by atoms with Crippen molar-refractivity contribution in [2.75, 3.05) is 0 Å². The van der Waals surface area contributed by atoms with Gasteiger partial charge in [-0.1, -0.05) is 116 Å². The van der Waals surface area contributed by atoms with Gasteiger partial charge in [-0.3, -0.25) is 0 Å². The first-order valence-corrected chi connectivity index (χ1v) is 14.0. The van der Waals surface area contributed by atoms with Gasteiger partial charge in [-0.15, -0.1) is 0 Å². The Morgan fingerprint density at radius 1 is 0.575 bits per heavy atom. The second-order valence-electron chi connectivity index (χ2n) is 11.6. The highest BCUT2D eigenvalue weighted by molar-refractivity contribution is 6.21. The number of benzene rings is 6. The van der Waals surface area contributed by atoms with Crippen molar-refractivity contribution < 1.29 is 4.52 Å². The molecule has 0 N–H and O–H groups in total. The molecule has 7 aromatic rings. The fraction of sp³-hybridized carbons (Fsp3) is 0.132. The number of aromatic nitrogens is 1. The van der Waals surface area contributed by atoms with Crippen LogP contribution in [0.5, 0.6) is 0 Å². The van der Waals surface area contributed by atoms with E-state index in [4.69, 9.17) is 4.52 Å². The lowest BCUT2D eigenvalue weighted by Crippen LogP contribution is -2.15. The van der Waals surface area contributed by atoms with Crippen LogP contribution in [0.3, 0.4) is 0 Å². The number of aryl methyl sites for hydroxylation is 2. The SMILES string of the molecule is Cc1noc(C)c1-c1c2ccccc2c(-c2ccc3c(c2)C(C)(C)c2c-3ccc3ccccc23)c2ccccc12. The maximum Gasteiger partial charge on any atom is 0.141 e. The lowest BCUT2D eigenvalue weighted by atomic mass is 9.79. The van der Waals surface area contributed by atoms with Gasteiger partial charge in [0.05, 0.1) is 5.69 Å². The fourth-order valence-electron chi connectivity index (χ4n) is 7.30. The van der Waals surface area contributed by atoms with E-state index in [1.807, 2.05) is 13.8 Å². The average molecular weight is 516 g/mol. The Kier molecular flexibility index (Phi) is 4.74. The summed E-state index contributed by atoms with van der Waals surface area (Å²) in [5, 5.41) is 11.9. The number of fused-ring (bicyclic) bond motifs is 7. The van der Waals surface area contributed by atoms with Crippen LogP contribution in [0.4, 0.5) is 0 Å². The van der Waals surface area contributed by atoms with E-state index in [0.717, 1.165) is 17.0 Å². The van der Waals surface area contributed by atoms with E-state index in [1.54, 1.807) is 0 Å². The van der Waals surface area contributed by atoms with Crippen LogP contribution >= 0.6 is 0 Å². The van der Waals surface area contributed by atoms with Crippen LogP contribution in [0.2, 0.25) is 0 Å². The molecule has 2 heteroatoms. The topological polar surface area (TPSA) is 26.0 Å². The monoisotopic (exact) mass is 515 g/mol. The molecular formula is C38H29NO. The summed E-state index contributed by atoms with van der Waals surface area (Å²) in [6.07, 6.45) is 0. The molecule has 0 fully saturated rings. The van der Waals surface area contributed by atoms with E-state index in [-0.39, 0.29) is 5.41 Å². The Morgan fingerprint density at radius 3 is 1.77 bits per heavy atom. The first-order valence-electron chi connectivity index (χ1n) is 14.0. The molecule has 1 heterocycles. The molecule has 8 rings (SSSR count). The number of nitrogens with zero attached hydrogens (tertiary/aromatic N) is 1. The van der Waals surface area contributed by atoms with Crippen LogP contribution < -0.4 is 0 Å². The molecule has 0 aliphatic heterocycles. The van der Waals surface area contributed by atoms with Gasteiger partial charge >= 0.3 is 0 Å². The molecule has 192 valence electrons. The van der Waals surface area contributed by atoms with Gasteiger partial charge in [0.25, 0.3) is 0 Å². The highest BCUT2D eigenvalue weighted by Crippen LogP contribution is 2.53. The lowest BCUT2D eigenvalue weighted by Gasteiger charge is -2.24. The van der Waals surface area contributed by atoms with E-state index in [2.05, 4.69) is 122 Å². The average Bonchev–Trinajstić information content (AvgIpc) is 3.43. The molecule has 2 nitrogen and oxygen atoms in total. The third-order valence-electron chi connectivity index (χ3n) is 9.04. The minimum Gasteiger partial charge on any atom is -0.361 e. The second-order valence-corrected chi connectivity index (χ2v) is 11.6. The molecule has 0 unspecified atom stereocenters. The minimum absolute atomic E-state index is 0.107. The van der Waals surface area contributed by atoms with Crippen molar-refractivity contribution in [2.45, 2.75) is 33.1 Å². The number of hydrogen-bond donors (Lipinski definition) is 0. The van der Waals surface area contributed by atoms with Crippen molar-refractivity contribution in [1.29, 1.82) is 0 Å². The van der Waals surface area contributed by atoms with Gasteiger partial charge in [-0.25, -0.2) is 0 Å². The van der Waals surface area contributed by atoms with Gasteiger partial charge < -0.3 is 4.52 Å². The molecular weight excluding hydrogens is 486 g/mol. The largest absolute Gasteiger partial charge is 0.361 e. The number of rotatable bonds is 2. The van der Waals surface area contributed by atoms with Crippen molar-refractivity contribution in [1.82, 2.24) is 5.16 Å². The Balaban J connectivity index is 1.44. The van der Waals surface area contributed by atoms with Crippen LogP contribution in [0.1, 0.15) is 36.4 Å². The molecule has 0 amide bonds. The molecule has 6 aromatic carbocycles. The highest BCUT2D eigenvalue weighted by Gasteiger charge is 2.37. The highest BCUT2D eigenvalue weighted by atomic mass is 16.5. The third kappa shape index (κ3) is 3.02. The molecule has 0 spiro atoms. The smallest absolute Gasteiger partial charge is 0.141 e. The summed E-state index contributed by atoms with van der Waals surface area (Å²) in [6, 6.07) is 38.1. The van der Waals surface area contributed by atoms with E-state index >= 15 is 0 Å². The van der Waals surface area contributed by atoms with Crippen molar-refractivity contribution in [3.63, 3.8) is 0 Å². The quantitative estimate of drug-likeness (QED) is 0.214. The predicted molar refractivity (Wildman–Crippen MR) is 167 cm³/mol. The van der Waals surface area contributed by atoms with Gasteiger partial charge in [0.15, 0.2) is 0 Å². The van der Waals surface area contributed by atoms with Crippen LogP contribution in [0, 0.1) is 13.8 Å². The first-order chi connectivity index (χ1) is 19.4. The van der Waals surface area contributed by atoms with E-state index < -0.39 is 0 Å². The summed E-state index contributed by atoms with van der Waals surface area (Å²) in [4.78, 5) is 0. The normalized spacial score (nSPS) is 13.7. The zero-order valence-corrected chi connectivity index (χ0v) is 23.2. The molecule has 0 saturated heterocycles. The van der Waals surface area contributed by atoms with Crippen LogP contribution in [0.15, 0.2) is 108 Å². The van der Waals surface area contributed by atoms with Gasteiger partial charge in [0, 0.05) is 16.5 Å². The van der Waals surface area contributed by atoms with Gasteiger partial charge in [-0.2, -0.15) is 0 Å². The Labute approximate surface area is 233 Å². The zero-order chi connectivity index (χ0) is 27.2. The Bertz CT molecular complexity index is 2080. The van der Waals surface area contributed by atoms with Crippen LogP contribution in [-0.4, -0.2) is 5.16 Å².